The molecular weight excluding hydrogens is 374 g/mol. The van der Waals surface area contributed by atoms with Crippen LogP contribution in [0, 0.1) is 6.92 Å². The maximum Gasteiger partial charge on any atom is 0.251 e. The van der Waals surface area contributed by atoms with Crippen molar-refractivity contribution in [3.63, 3.8) is 0 Å². The van der Waals surface area contributed by atoms with Gasteiger partial charge in [0.25, 0.3) is 5.91 Å². The van der Waals surface area contributed by atoms with Gasteiger partial charge < -0.3 is 9.73 Å². The molecule has 158 valence electrons. The number of oxazole rings is 1. The highest BCUT2D eigenvalue weighted by Crippen LogP contribution is 2.19. The lowest BCUT2D eigenvalue weighted by molar-refractivity contribution is 0.0954. The van der Waals surface area contributed by atoms with Gasteiger partial charge in [0.2, 0.25) is 5.89 Å². The number of carbonyl (C=O) groups excluding carboxylic acids is 1. The van der Waals surface area contributed by atoms with Crippen LogP contribution in [0.3, 0.4) is 0 Å². The van der Waals surface area contributed by atoms with Crippen molar-refractivity contribution >= 4 is 5.91 Å². The van der Waals surface area contributed by atoms with Crippen LogP contribution < -0.4 is 5.32 Å². The maximum absolute atomic E-state index is 12.4. The number of nitrogens with one attached hydrogen (secondary N) is 1. The Hall–Kier alpha value is -2.92. The topological polar surface area (TPSA) is 58.4 Å². The summed E-state index contributed by atoms with van der Waals surface area (Å²) in [5.41, 5.74) is 4.87. The zero-order valence-corrected chi connectivity index (χ0v) is 18.3. The average Bonchev–Trinajstić information content (AvgIpc) is 3.21. The summed E-state index contributed by atoms with van der Waals surface area (Å²) in [6, 6.07) is 16.4. The third-order valence-corrected chi connectivity index (χ3v) is 5.26. The Bertz CT molecular complexity index is 943. The van der Waals surface area contributed by atoms with Crippen molar-refractivity contribution in [2.45, 2.75) is 46.7 Å². The number of hydrogen-bond acceptors (Lipinski definition) is 4. The molecule has 0 fully saturated rings. The molecule has 5 nitrogen and oxygen atoms in total. The van der Waals surface area contributed by atoms with Crippen LogP contribution in [0.4, 0.5) is 0 Å². The lowest BCUT2D eigenvalue weighted by atomic mass is 10.1. The summed E-state index contributed by atoms with van der Waals surface area (Å²) in [7, 11) is 0. The Morgan fingerprint density at radius 1 is 1.10 bits per heavy atom. The van der Waals surface area contributed by atoms with Gasteiger partial charge in [0.1, 0.15) is 6.26 Å². The molecule has 1 N–H and O–H groups in total. The molecule has 0 aliphatic heterocycles. The first-order valence-corrected chi connectivity index (χ1v) is 10.6. The van der Waals surface area contributed by atoms with Crippen molar-refractivity contribution in [2.75, 3.05) is 13.1 Å². The molecule has 30 heavy (non-hydrogen) atoms. The van der Waals surface area contributed by atoms with Crippen molar-refractivity contribution in [1.29, 1.82) is 0 Å². The standard InChI is InChI=1S/C25H31N3O2/c1-5-28(18(2)3)16-20-8-12-21(13-9-20)24(29)26-15-14-23-17-30-25(27-23)22-10-6-19(4)7-11-22/h6-13,17-18H,5,14-16H2,1-4H3,(H,26,29). The van der Waals surface area contributed by atoms with Crippen molar-refractivity contribution in [3.8, 4) is 11.5 Å². The molecule has 0 spiro atoms. The maximum atomic E-state index is 12.4. The molecule has 0 radical (unpaired) electrons. The van der Waals surface area contributed by atoms with Crippen molar-refractivity contribution in [2.24, 2.45) is 0 Å². The van der Waals surface area contributed by atoms with E-state index >= 15 is 0 Å². The highest BCUT2D eigenvalue weighted by atomic mass is 16.3. The largest absolute Gasteiger partial charge is 0.444 e. The lowest BCUT2D eigenvalue weighted by Crippen LogP contribution is -2.30. The van der Waals surface area contributed by atoms with Crippen LogP contribution in [0.5, 0.6) is 0 Å². The summed E-state index contributed by atoms with van der Waals surface area (Å²) in [5, 5.41) is 2.96. The number of aryl methyl sites for hydroxylation is 1. The molecule has 0 bridgehead atoms. The molecule has 0 unspecified atom stereocenters. The normalized spacial score (nSPS) is 11.3. The Balaban J connectivity index is 1.49. The molecular formula is C25H31N3O2. The van der Waals surface area contributed by atoms with Crippen molar-refractivity contribution < 1.29 is 9.21 Å². The Morgan fingerprint density at radius 3 is 2.43 bits per heavy atom. The highest BCUT2D eigenvalue weighted by Gasteiger charge is 2.10. The average molecular weight is 406 g/mol. The van der Waals surface area contributed by atoms with E-state index in [0.29, 0.717) is 30.5 Å². The van der Waals surface area contributed by atoms with Gasteiger partial charge in [-0.2, -0.15) is 0 Å². The Morgan fingerprint density at radius 2 is 1.80 bits per heavy atom. The van der Waals surface area contributed by atoms with Gasteiger partial charge in [-0.3, -0.25) is 9.69 Å². The van der Waals surface area contributed by atoms with E-state index in [9.17, 15) is 4.79 Å². The molecule has 1 aromatic heterocycles. The van der Waals surface area contributed by atoms with E-state index in [0.717, 1.165) is 24.3 Å². The number of benzene rings is 2. The van der Waals surface area contributed by atoms with Crippen LogP contribution >= 0.6 is 0 Å². The van der Waals surface area contributed by atoms with Gasteiger partial charge in [0.05, 0.1) is 5.69 Å². The highest BCUT2D eigenvalue weighted by molar-refractivity contribution is 5.94. The third-order valence-electron chi connectivity index (χ3n) is 5.26. The number of aromatic nitrogens is 1. The molecule has 3 aromatic rings. The van der Waals surface area contributed by atoms with E-state index in [1.807, 2.05) is 55.5 Å². The van der Waals surface area contributed by atoms with Gasteiger partial charge >= 0.3 is 0 Å². The van der Waals surface area contributed by atoms with Gasteiger partial charge in [-0.05, 0) is 57.1 Å². The number of carbonyl (C=O) groups is 1. The molecule has 0 atom stereocenters. The van der Waals surface area contributed by atoms with E-state index < -0.39 is 0 Å². The first kappa shape index (κ1) is 21.8. The molecule has 0 saturated heterocycles. The number of hydrogen-bond donors (Lipinski definition) is 1. The van der Waals surface area contributed by atoms with Gasteiger partial charge in [0, 0.05) is 36.7 Å². The summed E-state index contributed by atoms with van der Waals surface area (Å²) in [6.45, 7) is 11.0. The minimum absolute atomic E-state index is 0.0694. The zero-order valence-electron chi connectivity index (χ0n) is 18.3. The van der Waals surface area contributed by atoms with Crippen molar-refractivity contribution in [1.82, 2.24) is 15.2 Å². The van der Waals surface area contributed by atoms with Crippen LogP contribution in [0.15, 0.2) is 59.2 Å². The molecule has 2 aromatic carbocycles. The van der Waals surface area contributed by atoms with E-state index in [-0.39, 0.29) is 5.91 Å². The number of rotatable bonds is 9. The second-order valence-electron chi connectivity index (χ2n) is 7.87. The fraction of sp³-hybridized carbons (Fsp3) is 0.360. The Kier molecular flexibility index (Phi) is 7.41. The molecule has 3 rings (SSSR count). The van der Waals surface area contributed by atoms with Crippen LogP contribution in [-0.4, -0.2) is 34.9 Å². The first-order chi connectivity index (χ1) is 14.5. The summed E-state index contributed by atoms with van der Waals surface area (Å²) >= 11 is 0. The lowest BCUT2D eigenvalue weighted by Gasteiger charge is -2.24. The molecule has 0 aliphatic rings. The second kappa shape index (κ2) is 10.2. The predicted molar refractivity (Wildman–Crippen MR) is 120 cm³/mol. The van der Waals surface area contributed by atoms with E-state index in [1.54, 1.807) is 6.26 Å². The molecule has 5 heteroatoms. The van der Waals surface area contributed by atoms with Gasteiger partial charge in [-0.15, -0.1) is 0 Å². The van der Waals surface area contributed by atoms with Gasteiger partial charge in [0.15, 0.2) is 0 Å². The van der Waals surface area contributed by atoms with Crippen LogP contribution in [0.25, 0.3) is 11.5 Å². The number of amides is 1. The zero-order chi connectivity index (χ0) is 21.5. The van der Waals surface area contributed by atoms with Crippen LogP contribution in [0.2, 0.25) is 0 Å². The minimum atomic E-state index is -0.0694. The van der Waals surface area contributed by atoms with E-state index in [4.69, 9.17) is 4.42 Å². The molecule has 0 aliphatic carbocycles. The third kappa shape index (κ3) is 5.80. The van der Waals surface area contributed by atoms with Crippen LogP contribution in [-0.2, 0) is 13.0 Å². The summed E-state index contributed by atoms with van der Waals surface area (Å²) in [5.74, 6) is 0.537. The SMILES string of the molecule is CCN(Cc1ccc(C(=O)NCCc2coc(-c3ccc(C)cc3)n2)cc1)C(C)C. The summed E-state index contributed by atoms with van der Waals surface area (Å²) in [4.78, 5) is 19.3. The predicted octanol–water partition coefficient (Wildman–Crippen LogP) is 4.85. The molecule has 1 amide bonds. The molecule has 0 saturated carbocycles. The number of nitrogens with zero attached hydrogens (tertiary/aromatic N) is 2. The summed E-state index contributed by atoms with van der Waals surface area (Å²) < 4.78 is 5.58. The monoisotopic (exact) mass is 405 g/mol. The molecule has 1 heterocycles. The van der Waals surface area contributed by atoms with E-state index in [1.165, 1.54) is 11.1 Å². The van der Waals surface area contributed by atoms with Crippen LogP contribution in [0.1, 0.15) is 48.0 Å². The fourth-order valence-electron chi connectivity index (χ4n) is 3.31. The fourth-order valence-corrected chi connectivity index (χ4v) is 3.31. The first-order valence-electron chi connectivity index (χ1n) is 10.6. The quantitative estimate of drug-likeness (QED) is 0.553. The summed E-state index contributed by atoms with van der Waals surface area (Å²) in [6.07, 6.45) is 2.28. The van der Waals surface area contributed by atoms with Crippen molar-refractivity contribution in [3.05, 3.63) is 77.2 Å². The van der Waals surface area contributed by atoms with Gasteiger partial charge in [-0.25, -0.2) is 4.98 Å². The Labute approximate surface area is 179 Å². The smallest absolute Gasteiger partial charge is 0.251 e. The second-order valence-corrected chi connectivity index (χ2v) is 7.87. The minimum Gasteiger partial charge on any atom is -0.444 e. The van der Waals surface area contributed by atoms with Gasteiger partial charge in [-0.1, -0.05) is 36.8 Å². The van der Waals surface area contributed by atoms with E-state index in [2.05, 4.69) is 36.0 Å².